The minimum atomic E-state index is -0.205. The Kier molecular flexibility index (Phi) is 3.30. The number of tetrazole rings is 1. The zero-order valence-electron chi connectivity index (χ0n) is 11.0. The molecule has 104 valence electrons. The second kappa shape index (κ2) is 5.41. The van der Waals surface area contributed by atoms with Crippen LogP contribution in [0.5, 0.6) is 0 Å². The first-order valence-corrected chi connectivity index (χ1v) is 6.23. The highest BCUT2D eigenvalue weighted by Crippen LogP contribution is 2.15. The molecule has 0 atom stereocenters. The monoisotopic (exact) mass is 280 g/mol. The number of hydrogen-bond donors (Lipinski definition) is 2. The van der Waals surface area contributed by atoms with Crippen molar-refractivity contribution < 1.29 is 4.79 Å². The van der Waals surface area contributed by atoms with Gasteiger partial charge in [-0.25, -0.2) is 4.68 Å². The fourth-order valence-corrected chi connectivity index (χ4v) is 1.84. The van der Waals surface area contributed by atoms with Crippen LogP contribution in [0.3, 0.4) is 0 Å². The van der Waals surface area contributed by atoms with E-state index in [2.05, 4.69) is 20.8 Å². The van der Waals surface area contributed by atoms with Gasteiger partial charge in [-0.05, 0) is 52.9 Å². The molecule has 0 saturated heterocycles. The number of nitrogen functional groups attached to an aromatic ring is 1. The number of anilines is 2. The van der Waals surface area contributed by atoms with Crippen LogP contribution < -0.4 is 11.1 Å². The molecule has 7 nitrogen and oxygen atoms in total. The van der Waals surface area contributed by atoms with E-state index in [1.807, 2.05) is 12.1 Å². The van der Waals surface area contributed by atoms with Crippen LogP contribution in [-0.4, -0.2) is 26.1 Å². The number of carbonyl (C=O) groups is 1. The summed E-state index contributed by atoms with van der Waals surface area (Å²) in [7, 11) is 0. The standard InChI is InChI=1S/C14H12N6O/c15-11-6-4-10(5-7-11)14(21)17-12-2-1-3-13(8-12)20-9-16-18-19-20/h1-9H,15H2,(H,17,21). The average Bonchev–Trinajstić information content (AvgIpc) is 3.02. The molecule has 0 radical (unpaired) electrons. The number of nitrogens with two attached hydrogens (primary N) is 1. The summed E-state index contributed by atoms with van der Waals surface area (Å²) in [4.78, 5) is 12.1. The molecule has 0 aliphatic rings. The van der Waals surface area contributed by atoms with Crippen LogP contribution in [0.25, 0.3) is 5.69 Å². The number of rotatable bonds is 3. The van der Waals surface area contributed by atoms with E-state index < -0.39 is 0 Å². The van der Waals surface area contributed by atoms with Gasteiger partial charge in [0.15, 0.2) is 0 Å². The highest BCUT2D eigenvalue weighted by atomic mass is 16.1. The molecule has 0 fully saturated rings. The summed E-state index contributed by atoms with van der Waals surface area (Å²) >= 11 is 0. The summed E-state index contributed by atoms with van der Waals surface area (Å²) in [5.74, 6) is -0.205. The lowest BCUT2D eigenvalue weighted by atomic mass is 10.2. The van der Waals surface area contributed by atoms with Crippen LogP contribution in [-0.2, 0) is 0 Å². The number of nitrogens with zero attached hydrogens (tertiary/aromatic N) is 4. The third-order valence-corrected chi connectivity index (χ3v) is 2.89. The zero-order valence-corrected chi connectivity index (χ0v) is 11.0. The predicted molar refractivity (Wildman–Crippen MR) is 78.0 cm³/mol. The molecule has 0 bridgehead atoms. The molecule has 0 aliphatic heterocycles. The minimum absolute atomic E-state index is 0.205. The first-order chi connectivity index (χ1) is 10.2. The summed E-state index contributed by atoms with van der Waals surface area (Å²) < 4.78 is 1.51. The van der Waals surface area contributed by atoms with Gasteiger partial charge in [0.25, 0.3) is 5.91 Å². The Hall–Kier alpha value is -3.22. The molecule has 0 aliphatic carbocycles. The molecule has 0 unspecified atom stereocenters. The van der Waals surface area contributed by atoms with Crippen LogP contribution in [0.4, 0.5) is 11.4 Å². The van der Waals surface area contributed by atoms with E-state index in [9.17, 15) is 4.79 Å². The third kappa shape index (κ3) is 2.86. The molecule has 1 amide bonds. The van der Waals surface area contributed by atoms with Gasteiger partial charge >= 0.3 is 0 Å². The van der Waals surface area contributed by atoms with Crippen LogP contribution in [0, 0.1) is 0 Å². The van der Waals surface area contributed by atoms with Crippen molar-refractivity contribution >= 4 is 17.3 Å². The minimum Gasteiger partial charge on any atom is -0.399 e. The lowest BCUT2D eigenvalue weighted by Gasteiger charge is -2.07. The first-order valence-electron chi connectivity index (χ1n) is 6.23. The highest BCUT2D eigenvalue weighted by Gasteiger charge is 2.06. The van der Waals surface area contributed by atoms with Crippen molar-refractivity contribution in [2.24, 2.45) is 0 Å². The number of carbonyl (C=O) groups excluding carboxylic acids is 1. The second-order valence-electron chi connectivity index (χ2n) is 4.38. The van der Waals surface area contributed by atoms with Gasteiger partial charge < -0.3 is 11.1 Å². The average molecular weight is 280 g/mol. The van der Waals surface area contributed by atoms with Gasteiger partial charge in [0.2, 0.25) is 0 Å². The Balaban J connectivity index is 1.80. The van der Waals surface area contributed by atoms with Gasteiger partial charge in [-0.15, -0.1) is 5.10 Å². The Labute approximate surface area is 120 Å². The Morgan fingerprint density at radius 2 is 1.95 bits per heavy atom. The van der Waals surface area contributed by atoms with E-state index in [0.717, 1.165) is 5.69 Å². The summed E-state index contributed by atoms with van der Waals surface area (Å²) in [5.41, 5.74) is 8.17. The van der Waals surface area contributed by atoms with Crippen molar-refractivity contribution in [3.05, 3.63) is 60.4 Å². The second-order valence-corrected chi connectivity index (χ2v) is 4.38. The first kappa shape index (κ1) is 12.8. The molecule has 21 heavy (non-hydrogen) atoms. The highest BCUT2D eigenvalue weighted by molar-refractivity contribution is 6.04. The molecule has 1 heterocycles. The molecule has 1 aromatic heterocycles. The van der Waals surface area contributed by atoms with Crippen molar-refractivity contribution in [2.45, 2.75) is 0 Å². The van der Waals surface area contributed by atoms with Gasteiger partial charge in [-0.1, -0.05) is 6.07 Å². The van der Waals surface area contributed by atoms with Crippen molar-refractivity contribution in [1.29, 1.82) is 0 Å². The van der Waals surface area contributed by atoms with Crippen molar-refractivity contribution in [3.8, 4) is 5.69 Å². The largest absolute Gasteiger partial charge is 0.399 e. The predicted octanol–water partition coefficient (Wildman–Crippen LogP) is 1.50. The normalized spacial score (nSPS) is 10.3. The summed E-state index contributed by atoms with van der Waals surface area (Å²) in [6.07, 6.45) is 1.49. The van der Waals surface area contributed by atoms with Gasteiger partial charge in [0.1, 0.15) is 6.33 Å². The lowest BCUT2D eigenvalue weighted by molar-refractivity contribution is 0.102. The smallest absolute Gasteiger partial charge is 0.255 e. The maximum atomic E-state index is 12.1. The van der Waals surface area contributed by atoms with E-state index in [1.54, 1.807) is 36.4 Å². The molecule has 0 spiro atoms. The number of nitrogens with one attached hydrogen (secondary N) is 1. The van der Waals surface area contributed by atoms with Crippen LogP contribution in [0.15, 0.2) is 54.9 Å². The van der Waals surface area contributed by atoms with Crippen molar-refractivity contribution in [3.63, 3.8) is 0 Å². The fourth-order valence-electron chi connectivity index (χ4n) is 1.84. The van der Waals surface area contributed by atoms with Crippen LogP contribution in [0.1, 0.15) is 10.4 Å². The number of benzene rings is 2. The topological polar surface area (TPSA) is 98.7 Å². The third-order valence-electron chi connectivity index (χ3n) is 2.89. The van der Waals surface area contributed by atoms with E-state index in [1.165, 1.54) is 11.0 Å². The molecular formula is C14H12N6O. The fraction of sp³-hybridized carbons (Fsp3) is 0. The maximum absolute atomic E-state index is 12.1. The van der Waals surface area contributed by atoms with Gasteiger partial charge in [-0.3, -0.25) is 4.79 Å². The number of amides is 1. The molecule has 3 N–H and O–H groups in total. The van der Waals surface area contributed by atoms with Crippen LogP contribution >= 0.6 is 0 Å². The molecular weight excluding hydrogens is 268 g/mol. The number of aromatic nitrogens is 4. The lowest BCUT2D eigenvalue weighted by Crippen LogP contribution is -2.12. The Morgan fingerprint density at radius 1 is 1.14 bits per heavy atom. The molecule has 3 rings (SSSR count). The molecule has 7 heteroatoms. The van der Waals surface area contributed by atoms with Gasteiger partial charge in [0.05, 0.1) is 5.69 Å². The molecule has 3 aromatic rings. The van der Waals surface area contributed by atoms with Crippen LogP contribution in [0.2, 0.25) is 0 Å². The van der Waals surface area contributed by atoms with E-state index in [4.69, 9.17) is 5.73 Å². The zero-order chi connectivity index (χ0) is 14.7. The number of hydrogen-bond acceptors (Lipinski definition) is 5. The summed E-state index contributed by atoms with van der Waals surface area (Å²) in [6.45, 7) is 0. The molecule has 0 saturated carbocycles. The Bertz CT molecular complexity index is 751. The van der Waals surface area contributed by atoms with E-state index in [0.29, 0.717) is 16.9 Å². The van der Waals surface area contributed by atoms with Gasteiger partial charge in [0, 0.05) is 16.9 Å². The van der Waals surface area contributed by atoms with E-state index >= 15 is 0 Å². The van der Waals surface area contributed by atoms with Gasteiger partial charge in [-0.2, -0.15) is 0 Å². The Morgan fingerprint density at radius 3 is 2.67 bits per heavy atom. The van der Waals surface area contributed by atoms with Crippen molar-refractivity contribution in [2.75, 3.05) is 11.1 Å². The quantitative estimate of drug-likeness (QED) is 0.708. The SMILES string of the molecule is Nc1ccc(C(=O)Nc2cccc(-n3cnnn3)c2)cc1. The van der Waals surface area contributed by atoms with Crippen molar-refractivity contribution in [1.82, 2.24) is 20.2 Å². The summed E-state index contributed by atoms with van der Waals surface area (Å²) in [6, 6.07) is 14.0. The molecule has 2 aromatic carbocycles. The summed E-state index contributed by atoms with van der Waals surface area (Å²) in [5, 5.41) is 13.8. The maximum Gasteiger partial charge on any atom is 0.255 e. The van der Waals surface area contributed by atoms with E-state index in [-0.39, 0.29) is 5.91 Å².